The summed E-state index contributed by atoms with van der Waals surface area (Å²) < 4.78 is 0. The molecule has 1 heterocycles. The van der Waals surface area contributed by atoms with Crippen LogP contribution >= 0.6 is 0 Å². The number of fused-ring (bicyclic) bond motifs is 1. The summed E-state index contributed by atoms with van der Waals surface area (Å²) in [5.74, 6) is -6.64. The highest BCUT2D eigenvalue weighted by atomic mass is 16.4. The lowest BCUT2D eigenvalue weighted by atomic mass is 9.98. The molecule has 0 spiro atoms. The average molecular weight is 561 g/mol. The van der Waals surface area contributed by atoms with Crippen molar-refractivity contribution >= 4 is 46.5 Å². The third-order valence-corrected chi connectivity index (χ3v) is 6.55. The van der Waals surface area contributed by atoms with Crippen LogP contribution in [0.5, 0.6) is 0 Å². The molecule has 0 fully saturated rings. The standard InChI is InChI=1S/C26H36N6O8/c1-3-13(2)22(26(39)40)32-25(38)19(11-20(28)33)31-24(37)18(8-9-21(34)35)30-23(36)16(27)10-14-12-29-17-7-5-4-6-15(14)17/h4-7,12-13,16,18-19,22,29H,3,8-11,27H2,1-2H3,(H2,28,33)(H,30,36)(H,31,37)(H,32,38)(H,34,35)(H,39,40). The van der Waals surface area contributed by atoms with Crippen LogP contribution in [0.3, 0.4) is 0 Å². The topological polar surface area (TPSA) is 247 Å². The molecule has 10 N–H and O–H groups in total. The van der Waals surface area contributed by atoms with Gasteiger partial charge >= 0.3 is 11.9 Å². The van der Waals surface area contributed by atoms with Crippen molar-refractivity contribution in [3.8, 4) is 0 Å². The predicted molar refractivity (Wildman–Crippen MR) is 144 cm³/mol. The first-order valence-electron chi connectivity index (χ1n) is 12.8. The van der Waals surface area contributed by atoms with Gasteiger partial charge < -0.3 is 42.6 Å². The molecule has 0 saturated heterocycles. The van der Waals surface area contributed by atoms with Gasteiger partial charge in [-0.2, -0.15) is 0 Å². The van der Waals surface area contributed by atoms with E-state index in [2.05, 4.69) is 20.9 Å². The van der Waals surface area contributed by atoms with Crippen LogP contribution in [0.15, 0.2) is 30.5 Å². The van der Waals surface area contributed by atoms with Crippen molar-refractivity contribution in [3.05, 3.63) is 36.0 Å². The Morgan fingerprint density at radius 3 is 2.17 bits per heavy atom. The molecule has 5 atom stereocenters. The van der Waals surface area contributed by atoms with E-state index < -0.39 is 78.5 Å². The maximum Gasteiger partial charge on any atom is 0.326 e. The summed E-state index contributed by atoms with van der Waals surface area (Å²) >= 11 is 0. The van der Waals surface area contributed by atoms with Crippen LogP contribution in [0.2, 0.25) is 0 Å². The van der Waals surface area contributed by atoms with E-state index in [0.29, 0.717) is 6.42 Å². The highest BCUT2D eigenvalue weighted by Gasteiger charge is 2.33. The Bertz CT molecular complexity index is 1240. The number of nitrogens with two attached hydrogens (primary N) is 2. The van der Waals surface area contributed by atoms with E-state index in [4.69, 9.17) is 16.6 Å². The largest absolute Gasteiger partial charge is 0.481 e. The lowest BCUT2D eigenvalue weighted by molar-refractivity contribution is -0.144. The number of aliphatic carboxylic acids is 2. The maximum absolute atomic E-state index is 13.1. The van der Waals surface area contributed by atoms with Crippen LogP contribution in [0.4, 0.5) is 0 Å². The highest BCUT2D eigenvalue weighted by Crippen LogP contribution is 2.19. The number of carbonyl (C=O) groups excluding carboxylic acids is 4. The second kappa shape index (κ2) is 14.6. The van der Waals surface area contributed by atoms with Crippen LogP contribution in [0, 0.1) is 5.92 Å². The summed E-state index contributed by atoms with van der Waals surface area (Å²) in [4.78, 5) is 76.3. The molecule has 0 aliphatic heterocycles. The fraction of sp³-hybridized carbons (Fsp3) is 0.462. The van der Waals surface area contributed by atoms with Crippen molar-refractivity contribution in [1.29, 1.82) is 0 Å². The Morgan fingerprint density at radius 1 is 0.950 bits per heavy atom. The normalized spacial score (nSPS) is 14.8. The van der Waals surface area contributed by atoms with E-state index in [9.17, 15) is 33.9 Å². The molecule has 2 rings (SSSR count). The van der Waals surface area contributed by atoms with Gasteiger partial charge in [0.25, 0.3) is 0 Å². The zero-order valence-electron chi connectivity index (χ0n) is 22.3. The van der Waals surface area contributed by atoms with Gasteiger partial charge in [-0.25, -0.2) is 4.79 Å². The minimum Gasteiger partial charge on any atom is -0.481 e. The quantitative estimate of drug-likeness (QED) is 0.130. The summed E-state index contributed by atoms with van der Waals surface area (Å²) in [6, 6.07) is 2.00. The second-order valence-electron chi connectivity index (χ2n) is 9.61. The third-order valence-electron chi connectivity index (χ3n) is 6.55. The number of aromatic amines is 1. The zero-order valence-corrected chi connectivity index (χ0v) is 22.3. The minimum atomic E-state index is -1.57. The third kappa shape index (κ3) is 9.08. The minimum absolute atomic E-state index is 0.113. The predicted octanol–water partition coefficient (Wildman–Crippen LogP) is -0.637. The Hall–Kier alpha value is -4.46. The first kappa shape index (κ1) is 31.8. The van der Waals surface area contributed by atoms with Gasteiger partial charge in [0.1, 0.15) is 18.1 Å². The van der Waals surface area contributed by atoms with Gasteiger partial charge in [0.15, 0.2) is 0 Å². The summed E-state index contributed by atoms with van der Waals surface area (Å²) in [6.45, 7) is 3.34. The van der Waals surface area contributed by atoms with E-state index in [0.717, 1.165) is 16.5 Å². The number of hydrogen-bond donors (Lipinski definition) is 8. The average Bonchev–Trinajstić information content (AvgIpc) is 3.30. The molecule has 0 saturated carbocycles. The number of primary amides is 1. The molecule has 1 aromatic carbocycles. The van der Waals surface area contributed by atoms with Gasteiger partial charge in [0, 0.05) is 23.5 Å². The smallest absolute Gasteiger partial charge is 0.326 e. The van der Waals surface area contributed by atoms with Gasteiger partial charge in [-0.1, -0.05) is 38.5 Å². The van der Waals surface area contributed by atoms with E-state index in [1.165, 1.54) is 0 Å². The van der Waals surface area contributed by atoms with Gasteiger partial charge in [0.2, 0.25) is 23.6 Å². The highest BCUT2D eigenvalue weighted by molar-refractivity contribution is 5.96. The van der Waals surface area contributed by atoms with Gasteiger partial charge in [-0.3, -0.25) is 24.0 Å². The Labute approximate surface area is 230 Å². The first-order chi connectivity index (χ1) is 18.8. The van der Waals surface area contributed by atoms with Crippen LogP contribution in [-0.2, 0) is 35.2 Å². The molecule has 0 bridgehead atoms. The lowest BCUT2D eigenvalue weighted by Crippen LogP contribution is -2.58. The number of benzene rings is 1. The Balaban J connectivity index is 2.17. The summed E-state index contributed by atoms with van der Waals surface area (Å²) in [6.07, 6.45) is 0.738. The maximum atomic E-state index is 13.1. The fourth-order valence-electron chi connectivity index (χ4n) is 4.07. The molecule has 14 nitrogen and oxygen atoms in total. The molecule has 40 heavy (non-hydrogen) atoms. The van der Waals surface area contributed by atoms with Crippen LogP contribution < -0.4 is 27.4 Å². The van der Waals surface area contributed by atoms with Crippen molar-refractivity contribution in [2.75, 3.05) is 0 Å². The molecule has 5 unspecified atom stereocenters. The summed E-state index contributed by atoms with van der Waals surface area (Å²) in [5, 5.41) is 26.5. The van der Waals surface area contributed by atoms with E-state index >= 15 is 0 Å². The number of nitrogens with one attached hydrogen (secondary N) is 4. The van der Waals surface area contributed by atoms with Crippen molar-refractivity contribution in [3.63, 3.8) is 0 Å². The molecule has 2 aromatic rings. The van der Waals surface area contributed by atoms with Crippen molar-refractivity contribution < 1.29 is 39.0 Å². The summed E-state index contributed by atoms with van der Waals surface area (Å²) in [5.41, 5.74) is 12.9. The van der Waals surface area contributed by atoms with Crippen LogP contribution in [-0.4, -0.2) is 74.9 Å². The van der Waals surface area contributed by atoms with Gasteiger partial charge in [0.05, 0.1) is 12.5 Å². The number of aromatic nitrogens is 1. The van der Waals surface area contributed by atoms with E-state index in [-0.39, 0.29) is 12.8 Å². The van der Waals surface area contributed by atoms with E-state index in [1.807, 2.05) is 24.3 Å². The first-order valence-corrected chi connectivity index (χ1v) is 12.8. The van der Waals surface area contributed by atoms with Crippen LogP contribution in [0.25, 0.3) is 10.9 Å². The zero-order chi connectivity index (χ0) is 30.0. The second-order valence-corrected chi connectivity index (χ2v) is 9.61. The van der Waals surface area contributed by atoms with Crippen molar-refractivity contribution in [1.82, 2.24) is 20.9 Å². The molecule has 1 aromatic heterocycles. The molecule has 0 aliphatic carbocycles. The number of para-hydroxylation sites is 1. The molecule has 4 amide bonds. The molecule has 14 heteroatoms. The molecule has 0 aliphatic rings. The number of carbonyl (C=O) groups is 6. The van der Waals surface area contributed by atoms with Gasteiger partial charge in [-0.15, -0.1) is 0 Å². The Morgan fingerprint density at radius 2 is 1.57 bits per heavy atom. The number of carboxylic acid groups (broad SMARTS) is 2. The number of rotatable bonds is 16. The number of H-pyrrole nitrogens is 1. The number of carboxylic acids is 2. The lowest BCUT2D eigenvalue weighted by Gasteiger charge is -2.26. The monoisotopic (exact) mass is 560 g/mol. The molecular weight excluding hydrogens is 524 g/mol. The summed E-state index contributed by atoms with van der Waals surface area (Å²) in [7, 11) is 0. The number of hydrogen-bond acceptors (Lipinski definition) is 7. The van der Waals surface area contributed by atoms with Crippen molar-refractivity contribution in [2.45, 2.75) is 70.1 Å². The molecular formula is C26H36N6O8. The van der Waals surface area contributed by atoms with Crippen LogP contribution in [0.1, 0.15) is 45.1 Å². The SMILES string of the molecule is CCC(C)C(NC(=O)C(CC(N)=O)NC(=O)C(CCC(=O)O)NC(=O)C(N)Cc1c[nH]c2ccccc12)C(=O)O. The number of amides is 4. The van der Waals surface area contributed by atoms with Gasteiger partial charge in [-0.05, 0) is 30.4 Å². The molecule has 218 valence electrons. The van der Waals surface area contributed by atoms with E-state index in [1.54, 1.807) is 20.0 Å². The fourth-order valence-corrected chi connectivity index (χ4v) is 4.07. The molecule has 0 radical (unpaired) electrons. The Kier molecular flexibility index (Phi) is 11.6. The van der Waals surface area contributed by atoms with Crippen molar-refractivity contribution in [2.24, 2.45) is 17.4 Å².